The van der Waals surface area contributed by atoms with Crippen molar-refractivity contribution in [2.75, 3.05) is 5.32 Å². The third-order valence-electron chi connectivity index (χ3n) is 4.38. The van der Waals surface area contributed by atoms with Gasteiger partial charge in [0.2, 0.25) is 0 Å². The number of hydrogen-bond acceptors (Lipinski definition) is 2. The van der Waals surface area contributed by atoms with Crippen LogP contribution in [0.5, 0.6) is 11.5 Å². The summed E-state index contributed by atoms with van der Waals surface area (Å²) >= 11 is 0. The highest BCUT2D eigenvalue weighted by molar-refractivity contribution is 6.04. The number of amides is 1. The van der Waals surface area contributed by atoms with Gasteiger partial charge in [-0.1, -0.05) is 50.6 Å². The molecule has 27 heavy (non-hydrogen) atoms. The predicted molar refractivity (Wildman–Crippen MR) is 111 cm³/mol. The van der Waals surface area contributed by atoms with Gasteiger partial charge in [-0.05, 0) is 66.4 Å². The zero-order valence-corrected chi connectivity index (χ0v) is 16.2. The topological polar surface area (TPSA) is 38.3 Å². The molecule has 0 aliphatic rings. The van der Waals surface area contributed by atoms with Gasteiger partial charge in [0.1, 0.15) is 11.5 Å². The molecule has 3 nitrogen and oxygen atoms in total. The molecule has 0 aliphatic heterocycles. The van der Waals surface area contributed by atoms with Crippen LogP contribution >= 0.6 is 0 Å². The Morgan fingerprint density at radius 3 is 1.81 bits per heavy atom. The molecule has 3 heteroatoms. The Kier molecular flexibility index (Phi) is 5.31. The Hall–Kier alpha value is -3.07. The van der Waals surface area contributed by atoms with Crippen molar-refractivity contribution in [2.24, 2.45) is 0 Å². The second-order valence-electron chi connectivity index (χ2n) is 7.72. The molecule has 0 saturated carbocycles. The van der Waals surface area contributed by atoms with Gasteiger partial charge in [-0.25, -0.2) is 0 Å². The Morgan fingerprint density at radius 1 is 0.778 bits per heavy atom. The van der Waals surface area contributed by atoms with Crippen molar-refractivity contribution < 1.29 is 9.53 Å². The van der Waals surface area contributed by atoms with E-state index in [2.05, 4.69) is 26.1 Å². The molecule has 0 spiro atoms. The number of carbonyl (C=O) groups excluding carboxylic acids is 1. The lowest BCUT2D eigenvalue weighted by Crippen LogP contribution is -2.14. The van der Waals surface area contributed by atoms with E-state index in [0.717, 1.165) is 17.2 Å². The average molecular weight is 359 g/mol. The van der Waals surface area contributed by atoms with Gasteiger partial charge >= 0.3 is 0 Å². The Balaban J connectivity index is 1.63. The van der Waals surface area contributed by atoms with Crippen LogP contribution in [0.15, 0.2) is 72.8 Å². The summed E-state index contributed by atoms with van der Waals surface area (Å²) in [6.45, 7) is 8.50. The van der Waals surface area contributed by atoms with Crippen molar-refractivity contribution >= 4 is 11.6 Å². The lowest BCUT2D eigenvalue weighted by molar-refractivity contribution is 0.102. The van der Waals surface area contributed by atoms with E-state index in [1.807, 2.05) is 79.7 Å². The van der Waals surface area contributed by atoms with Crippen molar-refractivity contribution in [1.82, 2.24) is 0 Å². The molecule has 3 rings (SSSR count). The van der Waals surface area contributed by atoms with E-state index in [1.54, 1.807) is 0 Å². The van der Waals surface area contributed by atoms with Gasteiger partial charge in [-0.2, -0.15) is 0 Å². The van der Waals surface area contributed by atoms with Crippen molar-refractivity contribution in [1.29, 1.82) is 0 Å². The fourth-order valence-corrected chi connectivity index (χ4v) is 2.67. The molecule has 0 unspecified atom stereocenters. The molecule has 0 heterocycles. The standard InChI is InChI=1S/C24H25NO2/c1-17-5-13-21(14-6-17)27-22-15-11-20(12-16-22)25-23(26)18-7-9-19(10-8-18)24(2,3)4/h5-16H,1-4H3,(H,25,26). The molecular weight excluding hydrogens is 334 g/mol. The molecule has 3 aromatic carbocycles. The average Bonchev–Trinajstić information content (AvgIpc) is 2.64. The minimum absolute atomic E-state index is 0.0717. The van der Waals surface area contributed by atoms with E-state index in [9.17, 15) is 4.79 Å². The molecular formula is C24H25NO2. The van der Waals surface area contributed by atoms with Crippen LogP contribution in [0.3, 0.4) is 0 Å². The summed E-state index contributed by atoms with van der Waals surface area (Å²) in [7, 11) is 0. The van der Waals surface area contributed by atoms with Crippen LogP contribution in [0.25, 0.3) is 0 Å². The van der Waals surface area contributed by atoms with Gasteiger partial charge in [0.05, 0.1) is 0 Å². The molecule has 3 aromatic rings. The molecule has 0 aliphatic carbocycles. The fourth-order valence-electron chi connectivity index (χ4n) is 2.67. The molecule has 138 valence electrons. The number of carbonyl (C=O) groups is 1. The monoisotopic (exact) mass is 359 g/mol. The number of anilines is 1. The van der Waals surface area contributed by atoms with Crippen LogP contribution in [0.2, 0.25) is 0 Å². The second kappa shape index (κ2) is 7.67. The molecule has 0 atom stereocenters. The third kappa shape index (κ3) is 4.98. The van der Waals surface area contributed by atoms with Crippen molar-refractivity contribution in [3.63, 3.8) is 0 Å². The first-order chi connectivity index (χ1) is 12.8. The lowest BCUT2D eigenvalue weighted by Gasteiger charge is -2.19. The molecule has 0 radical (unpaired) electrons. The summed E-state index contributed by atoms with van der Waals surface area (Å²) in [6, 6.07) is 23.0. The largest absolute Gasteiger partial charge is 0.457 e. The maximum atomic E-state index is 12.4. The quantitative estimate of drug-likeness (QED) is 0.590. The first-order valence-corrected chi connectivity index (χ1v) is 9.08. The van der Waals surface area contributed by atoms with E-state index in [-0.39, 0.29) is 11.3 Å². The highest BCUT2D eigenvalue weighted by Gasteiger charge is 2.14. The zero-order valence-electron chi connectivity index (χ0n) is 16.2. The van der Waals surface area contributed by atoms with Gasteiger partial charge in [-0.15, -0.1) is 0 Å². The minimum atomic E-state index is -0.123. The Bertz CT molecular complexity index is 903. The van der Waals surface area contributed by atoms with Gasteiger partial charge in [-0.3, -0.25) is 4.79 Å². The second-order valence-corrected chi connectivity index (χ2v) is 7.72. The van der Waals surface area contributed by atoms with E-state index < -0.39 is 0 Å². The molecule has 0 saturated heterocycles. The summed E-state index contributed by atoms with van der Waals surface area (Å²) in [5.41, 5.74) is 3.84. The first-order valence-electron chi connectivity index (χ1n) is 9.08. The fraction of sp³-hybridized carbons (Fsp3) is 0.208. The molecule has 1 amide bonds. The zero-order chi connectivity index (χ0) is 19.4. The predicted octanol–water partition coefficient (Wildman–Crippen LogP) is 6.34. The van der Waals surface area contributed by atoms with Crippen molar-refractivity contribution in [2.45, 2.75) is 33.1 Å². The summed E-state index contributed by atoms with van der Waals surface area (Å²) in [5, 5.41) is 2.92. The van der Waals surface area contributed by atoms with Gasteiger partial charge in [0.15, 0.2) is 0 Å². The number of nitrogens with one attached hydrogen (secondary N) is 1. The summed E-state index contributed by atoms with van der Waals surface area (Å²) in [4.78, 5) is 12.4. The highest BCUT2D eigenvalue weighted by atomic mass is 16.5. The maximum absolute atomic E-state index is 12.4. The number of rotatable bonds is 4. The van der Waals surface area contributed by atoms with Gasteiger partial charge in [0.25, 0.3) is 5.91 Å². The smallest absolute Gasteiger partial charge is 0.255 e. The van der Waals surface area contributed by atoms with E-state index in [1.165, 1.54) is 11.1 Å². The summed E-state index contributed by atoms with van der Waals surface area (Å²) in [5.74, 6) is 1.39. The summed E-state index contributed by atoms with van der Waals surface area (Å²) in [6.07, 6.45) is 0. The van der Waals surface area contributed by atoms with E-state index in [0.29, 0.717) is 5.56 Å². The van der Waals surface area contributed by atoms with Crippen LogP contribution < -0.4 is 10.1 Å². The van der Waals surface area contributed by atoms with Gasteiger partial charge < -0.3 is 10.1 Å². The molecule has 0 aromatic heterocycles. The molecule has 0 fully saturated rings. The Morgan fingerprint density at radius 2 is 1.30 bits per heavy atom. The van der Waals surface area contributed by atoms with E-state index >= 15 is 0 Å². The number of ether oxygens (including phenoxy) is 1. The summed E-state index contributed by atoms with van der Waals surface area (Å²) < 4.78 is 5.81. The highest BCUT2D eigenvalue weighted by Crippen LogP contribution is 2.24. The molecule has 0 bridgehead atoms. The van der Waals surface area contributed by atoms with Crippen LogP contribution in [0.4, 0.5) is 5.69 Å². The van der Waals surface area contributed by atoms with Crippen LogP contribution in [-0.4, -0.2) is 5.91 Å². The lowest BCUT2D eigenvalue weighted by atomic mass is 9.87. The SMILES string of the molecule is Cc1ccc(Oc2ccc(NC(=O)c3ccc(C(C)(C)C)cc3)cc2)cc1. The number of aryl methyl sites for hydroxylation is 1. The third-order valence-corrected chi connectivity index (χ3v) is 4.38. The minimum Gasteiger partial charge on any atom is -0.457 e. The van der Waals surface area contributed by atoms with Crippen molar-refractivity contribution in [3.05, 3.63) is 89.5 Å². The van der Waals surface area contributed by atoms with E-state index in [4.69, 9.17) is 4.74 Å². The Labute approximate surface area is 161 Å². The van der Waals surface area contributed by atoms with Crippen LogP contribution in [0.1, 0.15) is 42.3 Å². The van der Waals surface area contributed by atoms with Crippen molar-refractivity contribution in [3.8, 4) is 11.5 Å². The number of hydrogen-bond donors (Lipinski definition) is 1. The first kappa shape index (κ1) is 18.7. The van der Waals surface area contributed by atoms with Gasteiger partial charge in [0, 0.05) is 11.3 Å². The van der Waals surface area contributed by atoms with Crippen LogP contribution in [0, 0.1) is 6.92 Å². The number of benzene rings is 3. The maximum Gasteiger partial charge on any atom is 0.255 e. The van der Waals surface area contributed by atoms with Crippen LogP contribution in [-0.2, 0) is 5.41 Å². The normalized spacial score (nSPS) is 11.1. The molecule has 1 N–H and O–H groups in total.